The van der Waals surface area contributed by atoms with E-state index in [-0.39, 0.29) is 45.1 Å². The van der Waals surface area contributed by atoms with Crippen molar-refractivity contribution in [2.45, 2.75) is 35.7 Å². The average molecular weight is 804 g/mol. The molecular formula is C27H32Br4O8. The standard InChI is InChI=1S/C27H32Br4O8/c1-5-11-34-23(32)36-13-15-38-26(30)9-7-19(21(28)17-26)25(3,4)20-8-10-27(31,18-22(20)29)39-16-14-37-24(33)35-12-6-2/h5-8,17-18H,1-2,9-16H2,3-4H3. The van der Waals surface area contributed by atoms with Crippen LogP contribution in [0.2, 0.25) is 0 Å². The van der Waals surface area contributed by atoms with Crippen molar-refractivity contribution >= 4 is 76.0 Å². The molecule has 0 aromatic rings. The highest BCUT2D eigenvalue weighted by atomic mass is 79.9. The number of allylic oxidation sites excluding steroid dienone is 4. The monoisotopic (exact) mass is 800 g/mol. The van der Waals surface area contributed by atoms with E-state index in [1.165, 1.54) is 12.2 Å². The summed E-state index contributed by atoms with van der Waals surface area (Å²) in [6.07, 6.45) is 10.7. The number of hydrogen-bond donors (Lipinski definition) is 0. The van der Waals surface area contributed by atoms with E-state index < -0.39 is 21.3 Å². The number of rotatable bonds is 14. The van der Waals surface area contributed by atoms with E-state index in [0.717, 1.165) is 20.1 Å². The molecule has 0 radical (unpaired) electrons. The maximum atomic E-state index is 11.4. The van der Waals surface area contributed by atoms with Crippen LogP contribution in [0.1, 0.15) is 26.7 Å². The number of hydrogen-bond acceptors (Lipinski definition) is 8. The summed E-state index contributed by atoms with van der Waals surface area (Å²) < 4.78 is 31.7. The number of carbonyl (C=O) groups excluding carboxylic acids is 2. The van der Waals surface area contributed by atoms with Crippen molar-refractivity contribution in [1.29, 1.82) is 0 Å². The summed E-state index contributed by atoms with van der Waals surface area (Å²) in [6.45, 7) is 11.9. The molecule has 0 aliphatic heterocycles. The van der Waals surface area contributed by atoms with Crippen molar-refractivity contribution in [2.75, 3.05) is 39.6 Å². The molecule has 8 nitrogen and oxygen atoms in total. The van der Waals surface area contributed by atoms with Gasteiger partial charge in [-0.2, -0.15) is 0 Å². The van der Waals surface area contributed by atoms with Gasteiger partial charge in [0.05, 0.1) is 13.2 Å². The largest absolute Gasteiger partial charge is 0.508 e. The number of ether oxygens (including phenoxy) is 6. The molecule has 0 saturated carbocycles. The van der Waals surface area contributed by atoms with Gasteiger partial charge in [-0.05, 0) is 55.2 Å². The van der Waals surface area contributed by atoms with Crippen LogP contribution >= 0.6 is 63.7 Å². The highest BCUT2D eigenvalue weighted by Gasteiger charge is 2.39. The van der Waals surface area contributed by atoms with Gasteiger partial charge in [0.25, 0.3) is 0 Å². The predicted molar refractivity (Wildman–Crippen MR) is 163 cm³/mol. The molecule has 0 N–H and O–H groups in total. The Hall–Kier alpha value is -1.18. The molecule has 2 aliphatic carbocycles. The molecule has 0 amide bonds. The summed E-state index contributed by atoms with van der Waals surface area (Å²) in [5.74, 6) is 0. The second kappa shape index (κ2) is 15.7. The molecule has 0 aromatic carbocycles. The van der Waals surface area contributed by atoms with Crippen LogP contribution in [-0.2, 0) is 28.4 Å². The summed E-state index contributed by atoms with van der Waals surface area (Å²) in [5, 5.41) is 0. The minimum absolute atomic E-state index is 0.0589. The lowest BCUT2D eigenvalue weighted by molar-refractivity contribution is 0.00855. The maximum Gasteiger partial charge on any atom is 0.508 e. The molecule has 2 rings (SSSR count). The van der Waals surface area contributed by atoms with E-state index >= 15 is 0 Å². The lowest BCUT2D eigenvalue weighted by Crippen LogP contribution is -2.31. The third kappa shape index (κ3) is 10.6. The Bertz CT molecular complexity index is 968. The van der Waals surface area contributed by atoms with Crippen molar-refractivity contribution in [3.8, 4) is 0 Å². The summed E-state index contributed by atoms with van der Waals surface area (Å²) in [5.41, 5.74) is 1.83. The average Bonchev–Trinajstić information content (AvgIpc) is 2.86. The molecule has 0 fully saturated rings. The van der Waals surface area contributed by atoms with E-state index in [9.17, 15) is 9.59 Å². The van der Waals surface area contributed by atoms with E-state index in [1.54, 1.807) is 0 Å². The first kappa shape index (κ1) is 34.0. The quantitative estimate of drug-likeness (QED) is 0.0754. The lowest BCUT2D eigenvalue weighted by Gasteiger charge is -2.38. The third-order valence-corrected chi connectivity index (χ3v) is 8.52. The minimum Gasteiger partial charge on any atom is -0.432 e. The predicted octanol–water partition coefficient (Wildman–Crippen LogP) is 8.12. The molecule has 2 unspecified atom stereocenters. The molecule has 39 heavy (non-hydrogen) atoms. The van der Waals surface area contributed by atoms with Gasteiger partial charge >= 0.3 is 12.3 Å². The first-order valence-electron chi connectivity index (χ1n) is 12.0. The van der Waals surface area contributed by atoms with Gasteiger partial charge in [-0.25, -0.2) is 9.59 Å². The van der Waals surface area contributed by atoms with E-state index in [1.807, 2.05) is 12.2 Å². The minimum atomic E-state index is -0.763. The number of halogens is 4. The van der Waals surface area contributed by atoms with Crippen LogP contribution in [-0.4, -0.2) is 61.0 Å². The number of carbonyl (C=O) groups is 2. The fourth-order valence-electron chi connectivity index (χ4n) is 3.79. The highest BCUT2D eigenvalue weighted by Crippen LogP contribution is 2.51. The molecule has 0 bridgehead atoms. The molecule has 216 valence electrons. The normalized spacial score (nSPS) is 22.9. The molecule has 12 heteroatoms. The third-order valence-electron chi connectivity index (χ3n) is 5.64. The van der Waals surface area contributed by atoms with Gasteiger partial charge in [-0.15, -0.1) is 0 Å². The molecule has 0 saturated heterocycles. The van der Waals surface area contributed by atoms with Crippen molar-refractivity contribution in [3.63, 3.8) is 0 Å². The molecule has 0 spiro atoms. The second-order valence-corrected chi connectivity index (χ2v) is 13.3. The Morgan fingerprint density at radius 2 is 1.18 bits per heavy atom. The van der Waals surface area contributed by atoms with Crippen LogP contribution in [0.3, 0.4) is 0 Å². The van der Waals surface area contributed by atoms with Crippen molar-refractivity contribution in [1.82, 2.24) is 0 Å². The van der Waals surface area contributed by atoms with E-state index in [0.29, 0.717) is 12.8 Å². The van der Waals surface area contributed by atoms with Gasteiger partial charge < -0.3 is 28.4 Å². The van der Waals surface area contributed by atoms with E-state index in [2.05, 4.69) is 103 Å². The topological polar surface area (TPSA) is 89.5 Å². The fourth-order valence-corrected chi connectivity index (χ4v) is 7.57. The first-order chi connectivity index (χ1) is 18.4. The lowest BCUT2D eigenvalue weighted by atomic mass is 9.73. The first-order valence-corrected chi connectivity index (χ1v) is 15.2. The molecule has 0 aromatic heterocycles. The summed E-state index contributed by atoms with van der Waals surface area (Å²) >= 11 is 14.7. The summed E-state index contributed by atoms with van der Waals surface area (Å²) in [4.78, 5) is 22.9. The Morgan fingerprint density at radius 3 is 1.51 bits per heavy atom. The summed E-state index contributed by atoms with van der Waals surface area (Å²) in [6, 6.07) is 0. The second-order valence-electron chi connectivity index (χ2n) is 8.92. The zero-order valence-electron chi connectivity index (χ0n) is 21.8. The molecule has 0 heterocycles. The molecule has 2 aliphatic rings. The van der Waals surface area contributed by atoms with Crippen LogP contribution in [0, 0.1) is 5.41 Å². The maximum absolute atomic E-state index is 11.4. The zero-order valence-corrected chi connectivity index (χ0v) is 28.2. The van der Waals surface area contributed by atoms with Gasteiger partial charge in [-0.3, -0.25) is 0 Å². The fraction of sp³-hybridized carbons (Fsp3) is 0.481. The Labute approximate surface area is 263 Å². The van der Waals surface area contributed by atoms with E-state index in [4.69, 9.17) is 28.4 Å². The Morgan fingerprint density at radius 1 is 0.795 bits per heavy atom. The molecule has 2 atom stereocenters. The Kier molecular flexibility index (Phi) is 13.7. The SMILES string of the molecule is C=CCOC(=O)OCCOC1(Br)C=C(Br)C(C(C)(C)C2=CCC(Br)(OCCOC(=O)OCC=C)C=C2Br)=CC1. The van der Waals surface area contributed by atoms with Crippen LogP contribution in [0.25, 0.3) is 0 Å². The van der Waals surface area contributed by atoms with Crippen LogP contribution in [0.15, 0.2) is 69.7 Å². The van der Waals surface area contributed by atoms with Crippen molar-refractivity contribution < 1.29 is 38.0 Å². The highest BCUT2D eigenvalue weighted by molar-refractivity contribution is 9.12. The van der Waals surface area contributed by atoms with Crippen LogP contribution in [0.5, 0.6) is 0 Å². The van der Waals surface area contributed by atoms with Crippen LogP contribution < -0.4 is 0 Å². The van der Waals surface area contributed by atoms with Gasteiger partial charge in [0.15, 0.2) is 0 Å². The molecular weight excluding hydrogens is 772 g/mol. The zero-order chi connectivity index (χ0) is 29.1. The smallest absolute Gasteiger partial charge is 0.432 e. The van der Waals surface area contributed by atoms with Crippen molar-refractivity contribution in [2.24, 2.45) is 5.41 Å². The van der Waals surface area contributed by atoms with Gasteiger partial charge in [0.2, 0.25) is 0 Å². The number of alkyl halides is 2. The van der Waals surface area contributed by atoms with Gasteiger partial charge in [0, 0.05) is 27.2 Å². The van der Waals surface area contributed by atoms with Gasteiger partial charge in [0.1, 0.15) is 35.4 Å². The van der Waals surface area contributed by atoms with Crippen LogP contribution in [0.4, 0.5) is 9.59 Å². The Balaban J connectivity index is 1.94. The van der Waals surface area contributed by atoms with Crippen molar-refractivity contribution in [3.05, 3.63) is 69.7 Å². The summed E-state index contributed by atoms with van der Waals surface area (Å²) in [7, 11) is 0. The van der Waals surface area contributed by atoms with Gasteiger partial charge in [-0.1, -0.05) is 83.2 Å².